The normalized spacial score (nSPS) is 18.1. The second-order valence-corrected chi connectivity index (χ2v) is 6.59. The van der Waals surface area contributed by atoms with Gasteiger partial charge in [0.2, 0.25) is 0 Å². The highest BCUT2D eigenvalue weighted by Crippen LogP contribution is 2.42. The monoisotopic (exact) mass is 324 g/mol. The van der Waals surface area contributed by atoms with Gasteiger partial charge >= 0.3 is 0 Å². The van der Waals surface area contributed by atoms with E-state index in [1.807, 2.05) is 12.1 Å². The van der Waals surface area contributed by atoms with Crippen molar-refractivity contribution in [2.24, 2.45) is 5.92 Å². The fourth-order valence-corrected chi connectivity index (χ4v) is 3.49. The van der Waals surface area contributed by atoms with Gasteiger partial charge in [0.15, 0.2) is 0 Å². The fraction of sp³-hybridized carbons (Fsp3) is 0.500. The van der Waals surface area contributed by atoms with E-state index < -0.39 is 0 Å². The first kappa shape index (κ1) is 13.9. The van der Waals surface area contributed by atoms with Crippen molar-refractivity contribution >= 4 is 27.7 Å². The Kier molecular flexibility index (Phi) is 4.71. The van der Waals surface area contributed by atoms with Gasteiger partial charge in [-0.2, -0.15) is 5.26 Å². The third kappa shape index (κ3) is 3.28. The van der Waals surface area contributed by atoms with Crippen molar-refractivity contribution in [1.29, 1.82) is 5.26 Å². The van der Waals surface area contributed by atoms with Crippen LogP contribution in [0.4, 0.5) is 0 Å². The van der Waals surface area contributed by atoms with Gasteiger partial charge in [-0.1, -0.05) is 22.9 Å². The molecule has 2 rings (SSSR count). The Morgan fingerprint density at radius 2 is 2.11 bits per heavy atom. The molecule has 1 unspecified atom stereocenters. The average molecular weight is 325 g/mol. The number of nitrogens with zero attached hydrogens (tertiary/aromatic N) is 1. The number of rotatable bonds is 6. The lowest BCUT2D eigenvalue weighted by molar-refractivity contribution is 0.416. The Morgan fingerprint density at radius 1 is 1.44 bits per heavy atom. The molecule has 0 bridgehead atoms. The smallest absolute Gasteiger partial charge is 0.119 e. The third-order valence-corrected chi connectivity index (χ3v) is 4.98. The lowest BCUT2D eigenvalue weighted by atomic mass is 9.98. The Labute approximate surface area is 121 Å². The average Bonchev–Trinajstić information content (AvgIpc) is 3.21. The summed E-state index contributed by atoms with van der Waals surface area (Å²) in [7, 11) is 0. The van der Waals surface area contributed by atoms with Crippen molar-refractivity contribution in [3.8, 4) is 6.07 Å². The van der Waals surface area contributed by atoms with Crippen molar-refractivity contribution in [2.75, 3.05) is 12.3 Å². The fourth-order valence-electron chi connectivity index (χ4n) is 2.10. The number of halogens is 1. The van der Waals surface area contributed by atoms with E-state index in [1.165, 1.54) is 17.7 Å². The quantitative estimate of drug-likeness (QED) is 0.808. The molecule has 4 heteroatoms. The predicted molar refractivity (Wildman–Crippen MR) is 79.6 cm³/mol. The Morgan fingerprint density at radius 3 is 2.61 bits per heavy atom. The summed E-state index contributed by atoms with van der Waals surface area (Å²) in [4.78, 5) is 1.22. The zero-order chi connectivity index (χ0) is 13.0. The SMILES string of the molecule is CCNC(C#N)(CSc1ccc(Br)cc1)C1CC1. The largest absolute Gasteiger partial charge is 0.299 e. The molecule has 0 aliphatic heterocycles. The van der Waals surface area contributed by atoms with E-state index in [0.29, 0.717) is 5.92 Å². The first-order valence-electron chi connectivity index (χ1n) is 6.25. The Hall–Kier alpha value is -0.500. The second-order valence-electron chi connectivity index (χ2n) is 4.63. The highest BCUT2D eigenvalue weighted by molar-refractivity contribution is 9.10. The molecule has 1 aromatic rings. The van der Waals surface area contributed by atoms with Crippen molar-refractivity contribution in [2.45, 2.75) is 30.2 Å². The Bertz CT molecular complexity index is 436. The molecule has 1 atom stereocenters. The van der Waals surface area contributed by atoms with Crippen molar-refractivity contribution in [3.05, 3.63) is 28.7 Å². The maximum atomic E-state index is 9.51. The maximum Gasteiger partial charge on any atom is 0.119 e. The van der Waals surface area contributed by atoms with Crippen molar-refractivity contribution in [1.82, 2.24) is 5.32 Å². The summed E-state index contributed by atoms with van der Waals surface area (Å²) in [5.74, 6) is 1.36. The number of hydrogen-bond acceptors (Lipinski definition) is 3. The van der Waals surface area contributed by atoms with Gasteiger partial charge in [-0.3, -0.25) is 5.32 Å². The second kappa shape index (κ2) is 6.10. The summed E-state index contributed by atoms with van der Waals surface area (Å²) in [6.45, 7) is 2.92. The van der Waals surface area contributed by atoms with Crippen LogP contribution in [0.25, 0.3) is 0 Å². The van der Waals surface area contributed by atoms with Crippen LogP contribution in [0, 0.1) is 17.2 Å². The number of hydrogen-bond donors (Lipinski definition) is 1. The molecule has 1 aliphatic rings. The lowest BCUT2D eigenvalue weighted by Gasteiger charge is -2.27. The van der Waals surface area contributed by atoms with Crippen LogP contribution < -0.4 is 5.32 Å². The molecule has 18 heavy (non-hydrogen) atoms. The van der Waals surface area contributed by atoms with Crippen LogP contribution in [-0.4, -0.2) is 17.8 Å². The summed E-state index contributed by atoms with van der Waals surface area (Å²) >= 11 is 5.20. The lowest BCUT2D eigenvalue weighted by Crippen LogP contribution is -2.48. The molecule has 1 saturated carbocycles. The highest BCUT2D eigenvalue weighted by atomic mass is 79.9. The van der Waals surface area contributed by atoms with E-state index in [-0.39, 0.29) is 5.54 Å². The van der Waals surface area contributed by atoms with E-state index in [1.54, 1.807) is 11.8 Å². The molecular weight excluding hydrogens is 308 g/mol. The van der Waals surface area contributed by atoms with Gasteiger partial charge in [0.25, 0.3) is 0 Å². The van der Waals surface area contributed by atoms with Gasteiger partial charge < -0.3 is 0 Å². The third-order valence-electron chi connectivity index (χ3n) is 3.25. The summed E-state index contributed by atoms with van der Waals surface area (Å²) < 4.78 is 1.09. The van der Waals surface area contributed by atoms with E-state index in [9.17, 15) is 5.26 Å². The Balaban J connectivity index is 2.01. The number of nitrogens with one attached hydrogen (secondary N) is 1. The van der Waals surface area contributed by atoms with Crippen molar-refractivity contribution < 1.29 is 0 Å². The van der Waals surface area contributed by atoms with Crippen LogP contribution in [-0.2, 0) is 0 Å². The van der Waals surface area contributed by atoms with Gasteiger partial charge in [0, 0.05) is 15.1 Å². The molecule has 0 amide bonds. The van der Waals surface area contributed by atoms with Crippen LogP contribution in [0.2, 0.25) is 0 Å². The van der Waals surface area contributed by atoms with Crippen LogP contribution in [0.15, 0.2) is 33.6 Å². The van der Waals surface area contributed by atoms with Crippen LogP contribution >= 0.6 is 27.7 Å². The highest BCUT2D eigenvalue weighted by Gasteiger charge is 2.45. The molecule has 2 nitrogen and oxygen atoms in total. The van der Waals surface area contributed by atoms with Crippen LogP contribution in [0.1, 0.15) is 19.8 Å². The predicted octanol–water partition coefficient (Wildman–Crippen LogP) is 3.82. The van der Waals surface area contributed by atoms with E-state index in [4.69, 9.17) is 0 Å². The van der Waals surface area contributed by atoms with Gasteiger partial charge in [-0.05, 0) is 49.6 Å². The summed E-state index contributed by atoms with van der Waals surface area (Å²) in [6, 6.07) is 10.8. The first-order chi connectivity index (χ1) is 8.70. The molecule has 0 saturated heterocycles. The first-order valence-corrected chi connectivity index (χ1v) is 8.02. The molecule has 1 aliphatic carbocycles. The van der Waals surface area contributed by atoms with Crippen molar-refractivity contribution in [3.63, 3.8) is 0 Å². The maximum absolute atomic E-state index is 9.51. The molecule has 96 valence electrons. The number of benzene rings is 1. The minimum Gasteiger partial charge on any atom is -0.299 e. The van der Waals surface area contributed by atoms with Crippen LogP contribution in [0.5, 0.6) is 0 Å². The molecule has 0 aromatic heterocycles. The minimum atomic E-state index is -0.341. The van der Waals surface area contributed by atoms with Gasteiger partial charge in [-0.15, -0.1) is 11.8 Å². The molecule has 0 radical (unpaired) electrons. The van der Waals surface area contributed by atoms with Gasteiger partial charge in [-0.25, -0.2) is 0 Å². The number of thioether (sulfide) groups is 1. The topological polar surface area (TPSA) is 35.8 Å². The molecule has 0 heterocycles. The molecule has 1 aromatic carbocycles. The minimum absolute atomic E-state index is 0.341. The van der Waals surface area contributed by atoms with Gasteiger partial charge in [0.05, 0.1) is 6.07 Å². The van der Waals surface area contributed by atoms with Crippen LogP contribution in [0.3, 0.4) is 0 Å². The molecule has 0 spiro atoms. The molecule has 1 fully saturated rings. The number of nitriles is 1. The summed E-state index contributed by atoms with van der Waals surface area (Å²) in [6.07, 6.45) is 2.36. The van der Waals surface area contributed by atoms with Gasteiger partial charge in [0.1, 0.15) is 5.54 Å². The zero-order valence-electron chi connectivity index (χ0n) is 10.4. The molecule has 1 N–H and O–H groups in total. The molecular formula is C14H17BrN2S. The zero-order valence-corrected chi connectivity index (χ0v) is 12.9. The summed E-state index contributed by atoms with van der Waals surface area (Å²) in [5.41, 5.74) is -0.341. The van der Waals surface area contributed by atoms with E-state index in [0.717, 1.165) is 16.8 Å². The van der Waals surface area contributed by atoms with E-state index >= 15 is 0 Å². The standard InChI is InChI=1S/C14H17BrN2S/c1-2-17-14(9-16,11-3-4-11)10-18-13-7-5-12(15)6-8-13/h5-8,11,17H,2-4,10H2,1H3. The van der Waals surface area contributed by atoms with E-state index in [2.05, 4.69) is 46.4 Å². The summed E-state index contributed by atoms with van der Waals surface area (Å²) in [5, 5.41) is 12.9.